The Kier molecular flexibility index (Phi) is 4.90. The van der Waals surface area contributed by atoms with Gasteiger partial charge >= 0.3 is 6.36 Å². The number of hydrogen-bond acceptors (Lipinski definition) is 4. The molecule has 4 N–H and O–H groups in total. The van der Waals surface area contributed by atoms with Gasteiger partial charge in [0.15, 0.2) is 0 Å². The number of nitrogens with two attached hydrogens (primary N) is 2. The monoisotopic (exact) mass is 446 g/mol. The van der Waals surface area contributed by atoms with Crippen LogP contribution >= 0.6 is 0 Å². The highest BCUT2D eigenvalue weighted by Gasteiger charge is 2.76. The number of carbonyl (C=O) groups excluding carboxylic acids is 1. The largest absolute Gasteiger partial charge is 0.573 e. The molecule has 0 aliphatic heterocycles. The first-order valence-electron chi connectivity index (χ1n) is 8.61. The van der Waals surface area contributed by atoms with Gasteiger partial charge in [-0.25, -0.2) is 17.9 Å². The van der Waals surface area contributed by atoms with Crippen LogP contribution in [0.1, 0.15) is 30.9 Å². The molecule has 3 rings (SSSR count). The maximum Gasteiger partial charge on any atom is 0.573 e. The highest BCUT2D eigenvalue weighted by molar-refractivity contribution is 7.89. The Morgan fingerprint density at radius 1 is 1.10 bits per heavy atom. The second kappa shape index (κ2) is 6.67. The topological polar surface area (TPSA) is 112 Å². The summed E-state index contributed by atoms with van der Waals surface area (Å²) in [5.74, 6) is -3.34. The second-order valence-electron chi connectivity index (χ2n) is 7.63. The molecule has 2 unspecified atom stereocenters. The number of sulfonamides is 1. The molecule has 0 heterocycles. The third-order valence-electron chi connectivity index (χ3n) is 5.61. The summed E-state index contributed by atoms with van der Waals surface area (Å²) in [6.45, 7) is 3.19. The Balaban J connectivity index is 2.19. The van der Waals surface area contributed by atoms with Crippen molar-refractivity contribution in [2.24, 2.45) is 16.3 Å². The smallest absolute Gasteiger partial charge is 0.405 e. The molecule has 1 aliphatic carbocycles. The number of primary amides is 1. The molecule has 11 heteroatoms. The molecule has 2 aromatic rings. The molecule has 0 bridgehead atoms. The first-order valence-corrected chi connectivity index (χ1v) is 10.2. The first-order chi connectivity index (χ1) is 13.6. The van der Waals surface area contributed by atoms with Crippen LogP contribution in [0.15, 0.2) is 47.4 Å². The van der Waals surface area contributed by atoms with Crippen LogP contribution in [-0.2, 0) is 20.2 Å². The molecule has 0 radical (unpaired) electrons. The van der Waals surface area contributed by atoms with Gasteiger partial charge in [0.1, 0.15) is 11.6 Å². The van der Waals surface area contributed by atoms with Crippen molar-refractivity contribution in [3.63, 3.8) is 0 Å². The molecule has 2 aromatic carbocycles. The lowest BCUT2D eigenvalue weighted by Gasteiger charge is -2.22. The third-order valence-corrected chi connectivity index (χ3v) is 6.54. The van der Waals surface area contributed by atoms with E-state index in [0.717, 1.165) is 18.2 Å². The van der Waals surface area contributed by atoms with Gasteiger partial charge in [0.2, 0.25) is 15.9 Å². The van der Waals surface area contributed by atoms with E-state index >= 15 is 0 Å². The maximum absolute atomic E-state index is 14.0. The number of rotatable bonds is 5. The first kappa shape index (κ1) is 22.0. The fourth-order valence-electron chi connectivity index (χ4n) is 4.40. The summed E-state index contributed by atoms with van der Waals surface area (Å²) >= 11 is 0. The summed E-state index contributed by atoms with van der Waals surface area (Å²) < 4.78 is 79.7. The lowest BCUT2D eigenvalue weighted by Crippen LogP contribution is -2.34. The van der Waals surface area contributed by atoms with Crippen LogP contribution in [-0.4, -0.2) is 20.7 Å². The summed E-state index contributed by atoms with van der Waals surface area (Å²) in [4.78, 5) is 12.4. The van der Waals surface area contributed by atoms with Gasteiger partial charge in [-0.3, -0.25) is 4.79 Å². The molecular weight excluding hydrogens is 428 g/mol. The molecule has 2 atom stereocenters. The van der Waals surface area contributed by atoms with Crippen LogP contribution in [0.5, 0.6) is 5.75 Å². The van der Waals surface area contributed by atoms with E-state index in [-0.39, 0.29) is 10.5 Å². The maximum atomic E-state index is 14.0. The number of hydrogen-bond donors (Lipinski definition) is 2. The number of halogens is 4. The number of ether oxygens (including phenoxy) is 1. The number of benzene rings is 2. The zero-order valence-electron chi connectivity index (χ0n) is 15.8. The van der Waals surface area contributed by atoms with Gasteiger partial charge in [-0.1, -0.05) is 26.0 Å². The fraction of sp³-hybridized carbons (Fsp3) is 0.316. The van der Waals surface area contributed by atoms with E-state index in [9.17, 15) is 30.8 Å². The van der Waals surface area contributed by atoms with E-state index in [1.165, 1.54) is 24.3 Å². The van der Waals surface area contributed by atoms with Gasteiger partial charge in [0, 0.05) is 11.5 Å². The van der Waals surface area contributed by atoms with Crippen LogP contribution in [0.3, 0.4) is 0 Å². The highest BCUT2D eigenvalue weighted by Crippen LogP contribution is 2.75. The van der Waals surface area contributed by atoms with E-state index in [1.54, 1.807) is 13.8 Å². The standard InChI is InChI=1S/C19H18F4N2O4S/c1-17(2)15(10-3-6-12(7-4-10)30(25,27)28)18(17,16(24)26)13-9-11(20)5-8-14(13)29-19(21,22)23/h3-9,15H,1-2H3,(H2,24,26)(H2,25,27,28). The van der Waals surface area contributed by atoms with Crippen LogP contribution in [0.2, 0.25) is 0 Å². The molecular formula is C19H18F4N2O4S. The van der Waals surface area contributed by atoms with Crippen molar-refractivity contribution in [3.05, 3.63) is 59.4 Å². The van der Waals surface area contributed by atoms with Crippen molar-refractivity contribution in [1.82, 2.24) is 0 Å². The van der Waals surface area contributed by atoms with E-state index < -0.39 is 50.6 Å². The Labute approximate surface area is 169 Å². The van der Waals surface area contributed by atoms with Crippen molar-refractivity contribution in [2.45, 2.75) is 36.4 Å². The summed E-state index contributed by atoms with van der Waals surface area (Å²) in [6.07, 6.45) is -5.07. The van der Waals surface area contributed by atoms with Crippen LogP contribution in [0, 0.1) is 11.2 Å². The minimum Gasteiger partial charge on any atom is -0.405 e. The van der Waals surface area contributed by atoms with Gasteiger partial charge in [0.05, 0.1) is 10.3 Å². The zero-order valence-corrected chi connectivity index (χ0v) is 16.6. The van der Waals surface area contributed by atoms with Crippen LogP contribution < -0.4 is 15.6 Å². The minimum atomic E-state index is -5.07. The number of carbonyl (C=O) groups is 1. The summed E-state index contributed by atoms with van der Waals surface area (Å²) in [7, 11) is -3.97. The Bertz CT molecular complexity index is 1110. The summed E-state index contributed by atoms with van der Waals surface area (Å²) in [5, 5.41) is 5.07. The average Bonchev–Trinajstić information content (AvgIpc) is 3.12. The Morgan fingerprint density at radius 2 is 1.67 bits per heavy atom. The Morgan fingerprint density at radius 3 is 2.13 bits per heavy atom. The molecule has 0 aromatic heterocycles. The molecule has 1 aliphatic rings. The SMILES string of the molecule is CC1(C)C(c2ccc(S(N)(=O)=O)cc2)C1(C(N)=O)c1cc(F)ccc1OC(F)(F)F. The van der Waals surface area contributed by atoms with Crippen molar-refractivity contribution in [2.75, 3.05) is 0 Å². The van der Waals surface area contributed by atoms with Gasteiger partial charge < -0.3 is 10.5 Å². The number of amides is 1. The Hall–Kier alpha value is -2.66. The zero-order chi connectivity index (χ0) is 22.7. The molecule has 30 heavy (non-hydrogen) atoms. The molecule has 6 nitrogen and oxygen atoms in total. The van der Waals surface area contributed by atoms with Gasteiger partial charge in [-0.2, -0.15) is 0 Å². The number of alkyl halides is 3. The second-order valence-corrected chi connectivity index (χ2v) is 9.19. The summed E-state index contributed by atoms with van der Waals surface area (Å²) in [5.41, 5.74) is 2.97. The van der Waals surface area contributed by atoms with E-state index in [0.29, 0.717) is 5.56 Å². The van der Waals surface area contributed by atoms with Crippen molar-refractivity contribution >= 4 is 15.9 Å². The fourth-order valence-corrected chi connectivity index (χ4v) is 4.91. The normalized spacial score (nSPS) is 23.1. The lowest BCUT2D eigenvalue weighted by molar-refractivity contribution is -0.275. The lowest BCUT2D eigenvalue weighted by atomic mass is 9.85. The van der Waals surface area contributed by atoms with Crippen molar-refractivity contribution < 1.29 is 35.5 Å². The molecule has 0 spiro atoms. The predicted octanol–water partition coefficient (Wildman–Crippen LogP) is 2.92. The molecule has 0 saturated heterocycles. The van der Waals surface area contributed by atoms with Gasteiger partial charge in [-0.05, 0) is 41.3 Å². The average molecular weight is 446 g/mol. The predicted molar refractivity (Wildman–Crippen MR) is 98.3 cm³/mol. The van der Waals surface area contributed by atoms with Gasteiger partial charge in [0.25, 0.3) is 0 Å². The summed E-state index contributed by atoms with van der Waals surface area (Å²) in [6, 6.07) is 7.57. The molecule has 1 fully saturated rings. The van der Waals surface area contributed by atoms with E-state index in [4.69, 9.17) is 10.9 Å². The van der Waals surface area contributed by atoms with Crippen molar-refractivity contribution in [3.8, 4) is 5.75 Å². The van der Waals surface area contributed by atoms with E-state index in [2.05, 4.69) is 4.74 Å². The quantitative estimate of drug-likeness (QED) is 0.688. The molecule has 162 valence electrons. The third kappa shape index (κ3) is 3.41. The molecule has 1 amide bonds. The highest BCUT2D eigenvalue weighted by atomic mass is 32.2. The van der Waals surface area contributed by atoms with Gasteiger partial charge in [-0.15, -0.1) is 13.2 Å². The number of primary sulfonamides is 1. The van der Waals surface area contributed by atoms with Crippen molar-refractivity contribution in [1.29, 1.82) is 0 Å². The minimum absolute atomic E-state index is 0.179. The van der Waals surface area contributed by atoms with Crippen LogP contribution in [0.25, 0.3) is 0 Å². The molecule has 1 saturated carbocycles. The van der Waals surface area contributed by atoms with E-state index in [1.807, 2.05) is 0 Å². The van der Waals surface area contributed by atoms with Crippen LogP contribution in [0.4, 0.5) is 17.6 Å².